The summed E-state index contributed by atoms with van der Waals surface area (Å²) in [6.07, 6.45) is 2.44. The minimum Gasteiger partial charge on any atom is -0.311 e. The zero-order valence-corrected chi connectivity index (χ0v) is 33.8. The lowest BCUT2D eigenvalue weighted by Gasteiger charge is -2.42. The van der Waals surface area contributed by atoms with Gasteiger partial charge in [-0.15, -0.1) is 0 Å². The first-order valence-electron chi connectivity index (χ1n) is 20.6. The van der Waals surface area contributed by atoms with E-state index in [1.165, 1.54) is 84.8 Å². The van der Waals surface area contributed by atoms with Gasteiger partial charge in [-0.2, -0.15) is 0 Å². The quantitative estimate of drug-likeness (QED) is 0.158. The van der Waals surface area contributed by atoms with Crippen LogP contribution < -0.4 is 4.90 Å². The molecule has 1 aliphatic rings. The maximum absolute atomic E-state index is 2.46. The molecule has 0 fully saturated rings. The molecule has 0 aliphatic heterocycles. The topological polar surface area (TPSA) is 8.17 Å². The molecule has 0 spiro atoms. The fourth-order valence-corrected chi connectivity index (χ4v) is 9.26. The molecule has 9 aromatic rings. The molecule has 1 heterocycles. The fraction of sp³-hybridized carbons (Fsp3) is 0.143. The second-order valence-electron chi connectivity index (χ2n) is 17.3. The lowest BCUT2D eigenvalue weighted by Crippen LogP contribution is -2.33. The predicted octanol–water partition coefficient (Wildman–Crippen LogP) is 15.6. The number of benzene rings is 8. The number of hydrogen-bond acceptors (Lipinski definition) is 1. The van der Waals surface area contributed by atoms with Gasteiger partial charge < -0.3 is 9.47 Å². The number of hydrogen-bond donors (Lipinski definition) is 0. The van der Waals surface area contributed by atoms with Crippen molar-refractivity contribution >= 4 is 38.9 Å². The van der Waals surface area contributed by atoms with Crippen molar-refractivity contribution in [1.82, 2.24) is 4.57 Å². The van der Waals surface area contributed by atoms with Crippen LogP contribution >= 0.6 is 0 Å². The maximum atomic E-state index is 2.46. The highest BCUT2D eigenvalue weighted by Crippen LogP contribution is 2.47. The molecular weight excluding hydrogens is 701 g/mol. The van der Waals surface area contributed by atoms with Gasteiger partial charge in [0.25, 0.3) is 0 Å². The molecule has 0 saturated heterocycles. The van der Waals surface area contributed by atoms with Gasteiger partial charge in [0.15, 0.2) is 0 Å². The highest BCUT2D eigenvalue weighted by atomic mass is 15.1. The van der Waals surface area contributed by atoms with E-state index in [4.69, 9.17) is 0 Å². The molecule has 10 rings (SSSR count). The van der Waals surface area contributed by atoms with Gasteiger partial charge in [-0.1, -0.05) is 155 Å². The molecule has 2 nitrogen and oxygen atoms in total. The van der Waals surface area contributed by atoms with Gasteiger partial charge in [0.1, 0.15) is 0 Å². The lowest BCUT2D eigenvalue weighted by atomic mass is 9.63. The lowest BCUT2D eigenvalue weighted by molar-refractivity contribution is 0.332. The Morgan fingerprint density at radius 1 is 0.362 bits per heavy atom. The Kier molecular flexibility index (Phi) is 8.68. The van der Waals surface area contributed by atoms with Crippen molar-refractivity contribution in [2.75, 3.05) is 4.90 Å². The van der Waals surface area contributed by atoms with Gasteiger partial charge in [-0.25, -0.2) is 0 Å². The summed E-state index contributed by atoms with van der Waals surface area (Å²) < 4.78 is 2.42. The van der Waals surface area contributed by atoms with Crippen molar-refractivity contribution in [3.05, 3.63) is 205 Å². The Labute approximate surface area is 342 Å². The zero-order valence-electron chi connectivity index (χ0n) is 33.8. The van der Waals surface area contributed by atoms with Crippen LogP contribution in [0.15, 0.2) is 194 Å². The standard InChI is InChI=1S/C56H48N2/c1-55(2)35-36-56(3,4)52-38-44(25-33-51(52)55)42-23-31-48(32-24-42)58-53-18-12-11-17-49(53)50-37-43(26-34-54(50)58)41-21-29-47(30-22-41)57(45-15-9-6-10-16-45)46-27-19-40(20-28-46)39-13-7-5-8-14-39/h5-34,37-38H,35-36H2,1-4H3. The summed E-state index contributed by atoms with van der Waals surface area (Å²) in [7, 11) is 0. The van der Waals surface area contributed by atoms with E-state index < -0.39 is 0 Å². The molecule has 2 heteroatoms. The van der Waals surface area contributed by atoms with E-state index in [9.17, 15) is 0 Å². The van der Waals surface area contributed by atoms with E-state index >= 15 is 0 Å². The van der Waals surface area contributed by atoms with E-state index in [1.54, 1.807) is 0 Å². The van der Waals surface area contributed by atoms with E-state index in [1.807, 2.05) is 0 Å². The van der Waals surface area contributed by atoms with Crippen LogP contribution in [0.3, 0.4) is 0 Å². The van der Waals surface area contributed by atoms with Gasteiger partial charge in [-0.05, 0) is 135 Å². The van der Waals surface area contributed by atoms with Crippen LogP contribution in [-0.2, 0) is 10.8 Å². The predicted molar refractivity (Wildman–Crippen MR) is 247 cm³/mol. The first kappa shape index (κ1) is 35.8. The summed E-state index contributed by atoms with van der Waals surface area (Å²) in [5.41, 5.74) is 17.7. The van der Waals surface area contributed by atoms with Crippen LogP contribution in [0.25, 0.3) is 60.9 Å². The van der Waals surface area contributed by atoms with Crippen LogP contribution in [0.1, 0.15) is 51.7 Å². The van der Waals surface area contributed by atoms with Crippen molar-refractivity contribution < 1.29 is 0 Å². The third-order valence-corrected chi connectivity index (χ3v) is 12.7. The minimum atomic E-state index is 0.184. The van der Waals surface area contributed by atoms with E-state index in [2.05, 4.69) is 231 Å². The molecule has 8 aromatic carbocycles. The summed E-state index contributed by atoms with van der Waals surface area (Å²) in [4.78, 5) is 2.33. The molecular formula is C56H48N2. The monoisotopic (exact) mass is 748 g/mol. The highest BCUT2D eigenvalue weighted by molar-refractivity contribution is 6.10. The fourth-order valence-electron chi connectivity index (χ4n) is 9.26. The Balaban J connectivity index is 0.978. The number of aromatic nitrogens is 1. The zero-order chi connectivity index (χ0) is 39.4. The molecule has 58 heavy (non-hydrogen) atoms. The summed E-state index contributed by atoms with van der Waals surface area (Å²) in [6, 6.07) is 71.1. The molecule has 0 bridgehead atoms. The van der Waals surface area contributed by atoms with Gasteiger partial charge in [0.2, 0.25) is 0 Å². The number of para-hydroxylation sites is 2. The van der Waals surface area contributed by atoms with Crippen LogP contribution in [0.5, 0.6) is 0 Å². The second-order valence-corrected chi connectivity index (χ2v) is 17.3. The molecule has 1 aliphatic carbocycles. The van der Waals surface area contributed by atoms with Crippen LogP contribution in [-0.4, -0.2) is 4.57 Å². The van der Waals surface area contributed by atoms with E-state index in [-0.39, 0.29) is 10.8 Å². The van der Waals surface area contributed by atoms with E-state index in [0.717, 1.165) is 17.1 Å². The molecule has 0 N–H and O–H groups in total. The number of rotatable bonds is 7. The number of nitrogens with zero attached hydrogens (tertiary/aromatic N) is 2. The Morgan fingerprint density at radius 3 is 1.47 bits per heavy atom. The smallest absolute Gasteiger partial charge is 0.0541 e. The van der Waals surface area contributed by atoms with Crippen molar-refractivity contribution in [2.24, 2.45) is 0 Å². The van der Waals surface area contributed by atoms with Gasteiger partial charge in [0.05, 0.1) is 11.0 Å². The van der Waals surface area contributed by atoms with Crippen LogP contribution in [0.2, 0.25) is 0 Å². The molecule has 0 unspecified atom stereocenters. The van der Waals surface area contributed by atoms with E-state index in [0.29, 0.717) is 0 Å². The van der Waals surface area contributed by atoms with Crippen molar-refractivity contribution in [1.29, 1.82) is 0 Å². The number of fused-ring (bicyclic) bond motifs is 4. The second kappa shape index (κ2) is 14.1. The van der Waals surface area contributed by atoms with Gasteiger partial charge in [-0.3, -0.25) is 0 Å². The average molecular weight is 749 g/mol. The third-order valence-electron chi connectivity index (χ3n) is 12.7. The molecule has 0 amide bonds. The van der Waals surface area contributed by atoms with Crippen molar-refractivity contribution in [3.63, 3.8) is 0 Å². The summed E-state index contributed by atoms with van der Waals surface area (Å²) in [6.45, 7) is 9.61. The summed E-state index contributed by atoms with van der Waals surface area (Å²) in [5.74, 6) is 0. The maximum Gasteiger partial charge on any atom is 0.0541 e. The average Bonchev–Trinajstić information content (AvgIpc) is 3.60. The van der Waals surface area contributed by atoms with Crippen molar-refractivity contribution in [3.8, 4) is 39.1 Å². The molecule has 282 valence electrons. The molecule has 0 saturated carbocycles. The van der Waals surface area contributed by atoms with Crippen LogP contribution in [0.4, 0.5) is 17.1 Å². The molecule has 0 radical (unpaired) electrons. The van der Waals surface area contributed by atoms with Gasteiger partial charge >= 0.3 is 0 Å². The SMILES string of the molecule is CC1(C)CCC(C)(C)c2cc(-c3ccc(-n4c5ccccc5c5cc(-c6ccc(N(c7ccccc7)c7ccc(-c8ccccc8)cc7)cc6)ccc54)cc3)ccc21. The summed E-state index contributed by atoms with van der Waals surface area (Å²) >= 11 is 0. The molecule has 1 aromatic heterocycles. The number of anilines is 3. The minimum absolute atomic E-state index is 0.184. The van der Waals surface area contributed by atoms with Gasteiger partial charge in [0, 0.05) is 33.5 Å². The Hall–Kier alpha value is -6.64. The van der Waals surface area contributed by atoms with Crippen molar-refractivity contribution in [2.45, 2.75) is 51.4 Å². The normalized spacial score (nSPS) is 14.3. The Morgan fingerprint density at radius 2 is 0.810 bits per heavy atom. The first-order valence-corrected chi connectivity index (χ1v) is 20.6. The Bertz CT molecular complexity index is 2900. The molecule has 0 atom stereocenters. The largest absolute Gasteiger partial charge is 0.311 e. The third kappa shape index (κ3) is 6.30. The first-order chi connectivity index (χ1) is 28.2. The highest BCUT2D eigenvalue weighted by Gasteiger charge is 2.37. The summed E-state index contributed by atoms with van der Waals surface area (Å²) in [5, 5.41) is 2.51. The van der Waals surface area contributed by atoms with Crippen LogP contribution in [0, 0.1) is 0 Å².